The minimum atomic E-state index is -0.668. The van der Waals surface area contributed by atoms with Crippen LogP contribution < -0.4 is 5.32 Å². The number of nitrogens with zero attached hydrogens (tertiary/aromatic N) is 1. The van der Waals surface area contributed by atoms with Crippen molar-refractivity contribution in [1.29, 1.82) is 0 Å². The topological polar surface area (TPSA) is 77.4 Å². The number of aryl methyl sites for hydroxylation is 1. The van der Waals surface area contributed by atoms with Crippen LogP contribution >= 0.6 is 11.3 Å². The molecule has 2 heterocycles. The van der Waals surface area contributed by atoms with E-state index in [2.05, 4.69) is 5.32 Å². The summed E-state index contributed by atoms with van der Waals surface area (Å²) < 4.78 is 7.02. The molecule has 2 amide bonds. The highest BCUT2D eigenvalue weighted by Gasteiger charge is 2.19. The van der Waals surface area contributed by atoms with Gasteiger partial charge in [-0.25, -0.2) is 4.79 Å². The molecule has 0 unspecified atom stereocenters. The summed E-state index contributed by atoms with van der Waals surface area (Å²) >= 11 is 1.22. The number of ether oxygens (including phenoxy) is 1. The third-order valence-electron chi connectivity index (χ3n) is 4.00. The lowest BCUT2D eigenvalue weighted by atomic mass is 10.2. The fourth-order valence-electron chi connectivity index (χ4n) is 2.78. The standard InChI is InChI=1S/C20H18N2O4S/c1-13-11-16(14(2)22(13)15-7-4-3-5-8-15)20(25)26-12-18(23)21-19(24)17-9-6-10-27-17/h3-11H,12H2,1-2H3,(H,21,23,24). The predicted octanol–water partition coefficient (Wildman–Crippen LogP) is 3.27. The first-order chi connectivity index (χ1) is 13.0. The number of para-hydroxylation sites is 1. The van der Waals surface area contributed by atoms with E-state index in [1.165, 1.54) is 11.3 Å². The lowest BCUT2D eigenvalue weighted by Gasteiger charge is -2.09. The Hall–Kier alpha value is -3.19. The van der Waals surface area contributed by atoms with Crippen LogP contribution in [0.25, 0.3) is 5.69 Å². The van der Waals surface area contributed by atoms with E-state index in [9.17, 15) is 14.4 Å². The lowest BCUT2D eigenvalue weighted by molar-refractivity contribution is -0.123. The molecule has 0 saturated carbocycles. The highest BCUT2D eigenvalue weighted by atomic mass is 32.1. The van der Waals surface area contributed by atoms with Gasteiger partial charge in [0.15, 0.2) is 6.61 Å². The van der Waals surface area contributed by atoms with Gasteiger partial charge in [0.05, 0.1) is 10.4 Å². The summed E-state index contributed by atoms with van der Waals surface area (Å²) in [5, 5.41) is 3.93. The molecule has 0 saturated heterocycles. The maximum absolute atomic E-state index is 12.4. The monoisotopic (exact) mass is 382 g/mol. The molecular weight excluding hydrogens is 364 g/mol. The average Bonchev–Trinajstić information content (AvgIpc) is 3.29. The van der Waals surface area contributed by atoms with Crippen LogP contribution in [0.4, 0.5) is 0 Å². The fourth-order valence-corrected chi connectivity index (χ4v) is 3.40. The molecule has 0 atom stereocenters. The normalized spacial score (nSPS) is 10.4. The Morgan fingerprint density at radius 3 is 2.48 bits per heavy atom. The Kier molecular flexibility index (Phi) is 5.52. The van der Waals surface area contributed by atoms with Gasteiger partial charge in [-0.2, -0.15) is 0 Å². The molecule has 1 aromatic carbocycles. The molecule has 7 heteroatoms. The molecule has 1 N–H and O–H groups in total. The van der Waals surface area contributed by atoms with Crippen molar-refractivity contribution < 1.29 is 19.1 Å². The van der Waals surface area contributed by atoms with Gasteiger partial charge in [0.2, 0.25) is 0 Å². The highest BCUT2D eigenvalue weighted by molar-refractivity contribution is 7.12. The van der Waals surface area contributed by atoms with Crippen LogP contribution in [-0.4, -0.2) is 29.0 Å². The van der Waals surface area contributed by atoms with Gasteiger partial charge in [0, 0.05) is 17.1 Å². The summed E-state index contributed by atoms with van der Waals surface area (Å²) in [6, 6.07) is 14.7. The summed E-state index contributed by atoms with van der Waals surface area (Å²) in [6.45, 7) is 3.19. The average molecular weight is 382 g/mol. The minimum absolute atomic E-state index is 0.383. The van der Waals surface area contributed by atoms with Gasteiger partial charge in [-0.05, 0) is 43.5 Å². The zero-order chi connectivity index (χ0) is 19.4. The van der Waals surface area contributed by atoms with Crippen molar-refractivity contribution in [1.82, 2.24) is 9.88 Å². The number of esters is 1. The third kappa shape index (κ3) is 4.15. The van der Waals surface area contributed by atoms with Crippen LogP contribution in [0.15, 0.2) is 53.9 Å². The Labute approximate surface area is 160 Å². The largest absolute Gasteiger partial charge is 0.452 e. The number of carbonyl (C=O) groups excluding carboxylic acids is 3. The summed E-state index contributed by atoms with van der Waals surface area (Å²) in [6.07, 6.45) is 0. The van der Waals surface area contributed by atoms with E-state index < -0.39 is 24.4 Å². The Balaban J connectivity index is 1.65. The molecule has 138 valence electrons. The van der Waals surface area contributed by atoms with E-state index >= 15 is 0 Å². The van der Waals surface area contributed by atoms with Crippen LogP contribution in [0.5, 0.6) is 0 Å². The van der Waals surface area contributed by atoms with Gasteiger partial charge in [-0.1, -0.05) is 24.3 Å². The highest BCUT2D eigenvalue weighted by Crippen LogP contribution is 2.21. The summed E-state index contributed by atoms with van der Waals surface area (Å²) in [4.78, 5) is 36.5. The number of hydrogen-bond donors (Lipinski definition) is 1. The molecule has 6 nitrogen and oxygen atoms in total. The van der Waals surface area contributed by atoms with E-state index in [0.29, 0.717) is 10.4 Å². The van der Waals surface area contributed by atoms with Crippen molar-refractivity contribution in [3.05, 3.63) is 75.7 Å². The van der Waals surface area contributed by atoms with Crippen molar-refractivity contribution in [2.75, 3.05) is 6.61 Å². The van der Waals surface area contributed by atoms with Crippen molar-refractivity contribution >= 4 is 29.1 Å². The Bertz CT molecular complexity index is 975. The van der Waals surface area contributed by atoms with Gasteiger partial charge in [-0.3, -0.25) is 14.9 Å². The molecule has 0 spiro atoms. The number of carbonyl (C=O) groups is 3. The van der Waals surface area contributed by atoms with Gasteiger partial charge in [0.1, 0.15) is 0 Å². The number of aromatic nitrogens is 1. The molecule has 3 rings (SSSR count). The lowest BCUT2D eigenvalue weighted by Crippen LogP contribution is -2.33. The molecule has 0 fully saturated rings. The first-order valence-corrected chi connectivity index (χ1v) is 9.14. The van der Waals surface area contributed by atoms with E-state index in [4.69, 9.17) is 4.74 Å². The van der Waals surface area contributed by atoms with Crippen molar-refractivity contribution in [2.45, 2.75) is 13.8 Å². The molecule has 0 aliphatic rings. The molecule has 0 radical (unpaired) electrons. The maximum atomic E-state index is 12.4. The van der Waals surface area contributed by atoms with Crippen molar-refractivity contribution in [3.8, 4) is 5.69 Å². The van der Waals surface area contributed by atoms with Crippen LogP contribution in [-0.2, 0) is 9.53 Å². The third-order valence-corrected chi connectivity index (χ3v) is 4.87. The summed E-state index contributed by atoms with van der Waals surface area (Å²) in [5.74, 6) is -1.78. The van der Waals surface area contributed by atoms with Gasteiger partial charge >= 0.3 is 5.97 Å². The van der Waals surface area contributed by atoms with Crippen LogP contribution in [0, 0.1) is 13.8 Å². The Morgan fingerprint density at radius 2 is 1.81 bits per heavy atom. The van der Waals surface area contributed by atoms with Crippen molar-refractivity contribution in [2.24, 2.45) is 0 Å². The molecule has 27 heavy (non-hydrogen) atoms. The fraction of sp³-hybridized carbons (Fsp3) is 0.150. The van der Waals surface area contributed by atoms with E-state index in [-0.39, 0.29) is 0 Å². The first kappa shape index (κ1) is 18.6. The SMILES string of the molecule is Cc1cc(C(=O)OCC(=O)NC(=O)c2cccs2)c(C)n1-c1ccccc1. The second kappa shape index (κ2) is 8.01. The Morgan fingerprint density at radius 1 is 1.07 bits per heavy atom. The minimum Gasteiger partial charge on any atom is -0.452 e. The zero-order valence-corrected chi connectivity index (χ0v) is 15.7. The molecule has 0 aliphatic carbocycles. The van der Waals surface area contributed by atoms with Crippen LogP contribution in [0.1, 0.15) is 31.4 Å². The number of imide groups is 1. The molecular formula is C20H18N2O4S. The number of thiophene rings is 1. The molecule has 0 bridgehead atoms. The first-order valence-electron chi connectivity index (χ1n) is 8.26. The van der Waals surface area contributed by atoms with Crippen molar-refractivity contribution in [3.63, 3.8) is 0 Å². The smallest absolute Gasteiger partial charge is 0.340 e. The van der Waals surface area contributed by atoms with Gasteiger partial charge in [0.25, 0.3) is 11.8 Å². The van der Waals surface area contributed by atoms with Gasteiger partial charge in [-0.15, -0.1) is 11.3 Å². The summed E-state index contributed by atoms with van der Waals surface area (Å²) in [7, 11) is 0. The molecule has 3 aromatic rings. The second-order valence-corrected chi connectivity index (χ2v) is 6.83. The summed E-state index contributed by atoms with van der Waals surface area (Å²) in [5.41, 5.74) is 2.92. The molecule has 2 aromatic heterocycles. The van der Waals surface area contributed by atoms with E-state index in [1.54, 1.807) is 23.6 Å². The van der Waals surface area contributed by atoms with Gasteiger partial charge < -0.3 is 9.30 Å². The number of nitrogens with one attached hydrogen (secondary N) is 1. The number of amides is 2. The molecule has 0 aliphatic heterocycles. The second-order valence-electron chi connectivity index (χ2n) is 5.89. The number of hydrogen-bond acceptors (Lipinski definition) is 5. The van der Waals surface area contributed by atoms with E-state index in [1.807, 2.05) is 48.7 Å². The quantitative estimate of drug-likeness (QED) is 0.687. The predicted molar refractivity (Wildman–Crippen MR) is 102 cm³/mol. The van der Waals surface area contributed by atoms with Crippen LogP contribution in [0.3, 0.4) is 0 Å². The zero-order valence-electron chi connectivity index (χ0n) is 14.9. The maximum Gasteiger partial charge on any atom is 0.340 e. The van der Waals surface area contributed by atoms with Crippen LogP contribution in [0.2, 0.25) is 0 Å². The number of benzene rings is 1. The van der Waals surface area contributed by atoms with E-state index in [0.717, 1.165) is 17.1 Å². The number of rotatable bonds is 5.